The molecule has 1 heterocycles. The highest BCUT2D eigenvalue weighted by atomic mass is 79.9. The summed E-state index contributed by atoms with van der Waals surface area (Å²) in [5, 5.41) is 0. The maximum atomic E-state index is 12.0. The van der Waals surface area contributed by atoms with Gasteiger partial charge < -0.3 is 4.74 Å². The van der Waals surface area contributed by atoms with Gasteiger partial charge in [0.05, 0.1) is 0 Å². The van der Waals surface area contributed by atoms with E-state index < -0.39 is 5.97 Å². The lowest BCUT2D eigenvalue weighted by Gasteiger charge is -2.18. The Morgan fingerprint density at radius 2 is 1.62 bits per heavy atom. The van der Waals surface area contributed by atoms with Crippen LogP contribution in [0.4, 0.5) is 0 Å². The van der Waals surface area contributed by atoms with Gasteiger partial charge in [0.2, 0.25) is 5.90 Å². The number of nitrogens with zero attached hydrogens (tertiary/aromatic N) is 1. The summed E-state index contributed by atoms with van der Waals surface area (Å²) in [5.74, 6) is -0.0726. The summed E-state index contributed by atoms with van der Waals surface area (Å²) >= 11 is 3.39. The molecule has 0 unspecified atom stereocenters. The van der Waals surface area contributed by atoms with Crippen LogP contribution in [0.3, 0.4) is 0 Å². The van der Waals surface area contributed by atoms with Crippen molar-refractivity contribution in [3.05, 3.63) is 75.4 Å². The number of benzene rings is 2. The molecule has 1 aliphatic rings. The lowest BCUT2D eigenvalue weighted by Crippen LogP contribution is -2.11. The topological polar surface area (TPSA) is 38.7 Å². The Bertz CT molecular complexity index is 825. The highest BCUT2D eigenvalue weighted by molar-refractivity contribution is 9.10. The average molecular weight is 384 g/mol. The number of carbonyl (C=O) groups is 1. The Hall–Kier alpha value is -2.20. The number of hydrogen-bond acceptors (Lipinski definition) is 3. The lowest BCUT2D eigenvalue weighted by atomic mass is 9.87. The summed E-state index contributed by atoms with van der Waals surface area (Å²) < 4.78 is 6.30. The largest absolute Gasteiger partial charge is 0.402 e. The van der Waals surface area contributed by atoms with Gasteiger partial charge in [0.15, 0.2) is 5.70 Å². The van der Waals surface area contributed by atoms with Crippen molar-refractivity contribution in [2.24, 2.45) is 4.99 Å². The Morgan fingerprint density at radius 3 is 2.21 bits per heavy atom. The SMILES string of the molecule is CC(C)(C)c1ccc(C2=NC(=Cc3ccc(Br)cc3)C(=O)O2)cc1. The molecule has 0 atom stereocenters. The summed E-state index contributed by atoms with van der Waals surface area (Å²) in [6.07, 6.45) is 1.73. The van der Waals surface area contributed by atoms with Gasteiger partial charge in [-0.15, -0.1) is 0 Å². The van der Waals surface area contributed by atoms with E-state index in [1.807, 2.05) is 48.5 Å². The van der Waals surface area contributed by atoms with E-state index in [1.54, 1.807) is 6.08 Å². The molecule has 0 amide bonds. The molecule has 0 saturated heterocycles. The van der Waals surface area contributed by atoms with E-state index in [0.29, 0.717) is 11.6 Å². The second-order valence-corrected chi connectivity index (χ2v) is 7.63. The van der Waals surface area contributed by atoms with Crippen molar-refractivity contribution >= 4 is 33.9 Å². The number of ether oxygens (including phenoxy) is 1. The first-order valence-corrected chi connectivity index (χ1v) is 8.51. The molecule has 122 valence electrons. The minimum absolute atomic E-state index is 0.0827. The van der Waals surface area contributed by atoms with Gasteiger partial charge in [0.1, 0.15) is 0 Å². The number of rotatable bonds is 2. The van der Waals surface area contributed by atoms with Crippen LogP contribution in [0.5, 0.6) is 0 Å². The number of aliphatic imine (C=N–C) groups is 1. The van der Waals surface area contributed by atoms with E-state index >= 15 is 0 Å². The second-order valence-electron chi connectivity index (χ2n) is 6.71. The Kier molecular flexibility index (Phi) is 4.41. The summed E-state index contributed by atoms with van der Waals surface area (Å²) in [4.78, 5) is 16.4. The van der Waals surface area contributed by atoms with Gasteiger partial charge in [-0.25, -0.2) is 9.79 Å². The standard InChI is InChI=1S/C20H18BrNO2/c1-20(2,3)15-8-6-14(7-9-15)18-22-17(19(23)24-18)12-13-4-10-16(21)11-5-13/h4-12H,1-3H3. The highest BCUT2D eigenvalue weighted by Gasteiger charge is 2.24. The third kappa shape index (κ3) is 3.65. The molecule has 2 aromatic rings. The normalized spacial score (nSPS) is 16.2. The lowest BCUT2D eigenvalue weighted by molar-refractivity contribution is -0.129. The van der Waals surface area contributed by atoms with Crippen LogP contribution < -0.4 is 0 Å². The molecular formula is C20H18BrNO2. The smallest absolute Gasteiger partial charge is 0.363 e. The molecule has 0 bridgehead atoms. The van der Waals surface area contributed by atoms with Crippen molar-refractivity contribution in [3.8, 4) is 0 Å². The van der Waals surface area contributed by atoms with Crippen LogP contribution >= 0.6 is 15.9 Å². The predicted octanol–water partition coefficient (Wildman–Crippen LogP) is 5.09. The highest BCUT2D eigenvalue weighted by Crippen LogP contribution is 2.24. The fraction of sp³-hybridized carbons (Fsp3) is 0.200. The van der Waals surface area contributed by atoms with E-state index in [9.17, 15) is 4.79 Å². The summed E-state index contributed by atoms with van der Waals surface area (Å²) in [6, 6.07) is 15.6. The molecule has 0 fully saturated rings. The monoisotopic (exact) mass is 383 g/mol. The van der Waals surface area contributed by atoms with Crippen molar-refractivity contribution in [1.82, 2.24) is 0 Å². The quantitative estimate of drug-likeness (QED) is 0.534. The average Bonchev–Trinajstić information content (AvgIpc) is 2.90. The molecule has 24 heavy (non-hydrogen) atoms. The van der Waals surface area contributed by atoms with Crippen LogP contribution in [0.25, 0.3) is 6.08 Å². The Morgan fingerprint density at radius 1 is 1.00 bits per heavy atom. The molecule has 0 aromatic heterocycles. The van der Waals surface area contributed by atoms with Gasteiger partial charge in [-0.05, 0) is 46.9 Å². The molecule has 3 nitrogen and oxygen atoms in total. The molecular weight excluding hydrogens is 366 g/mol. The predicted molar refractivity (Wildman–Crippen MR) is 99.9 cm³/mol. The van der Waals surface area contributed by atoms with E-state index in [2.05, 4.69) is 41.7 Å². The van der Waals surface area contributed by atoms with Crippen LogP contribution in [0, 0.1) is 0 Å². The first-order chi connectivity index (χ1) is 11.3. The van der Waals surface area contributed by atoms with Crippen molar-refractivity contribution in [2.45, 2.75) is 26.2 Å². The van der Waals surface area contributed by atoms with Crippen LogP contribution in [0.2, 0.25) is 0 Å². The summed E-state index contributed by atoms with van der Waals surface area (Å²) in [5.41, 5.74) is 3.32. The van der Waals surface area contributed by atoms with Crippen LogP contribution in [-0.2, 0) is 14.9 Å². The summed E-state index contributed by atoms with van der Waals surface area (Å²) in [6.45, 7) is 6.48. The van der Waals surface area contributed by atoms with Gasteiger partial charge >= 0.3 is 5.97 Å². The van der Waals surface area contributed by atoms with Crippen molar-refractivity contribution < 1.29 is 9.53 Å². The van der Waals surface area contributed by atoms with E-state index in [0.717, 1.165) is 15.6 Å². The minimum Gasteiger partial charge on any atom is -0.402 e. The Balaban J connectivity index is 1.87. The second kappa shape index (κ2) is 6.36. The first-order valence-electron chi connectivity index (χ1n) is 7.72. The van der Waals surface area contributed by atoms with Gasteiger partial charge in [-0.1, -0.05) is 61.0 Å². The molecule has 2 aromatic carbocycles. The van der Waals surface area contributed by atoms with Crippen LogP contribution in [0.1, 0.15) is 37.5 Å². The summed E-state index contributed by atoms with van der Waals surface area (Å²) in [7, 11) is 0. The van der Waals surface area contributed by atoms with Crippen molar-refractivity contribution in [3.63, 3.8) is 0 Å². The molecule has 0 saturated carbocycles. The molecule has 0 radical (unpaired) electrons. The number of cyclic esters (lactones) is 1. The molecule has 4 heteroatoms. The number of esters is 1. The van der Waals surface area contributed by atoms with Gasteiger partial charge in [-0.2, -0.15) is 0 Å². The zero-order valence-corrected chi connectivity index (χ0v) is 15.4. The molecule has 0 aliphatic carbocycles. The van der Waals surface area contributed by atoms with Gasteiger partial charge in [0, 0.05) is 10.0 Å². The fourth-order valence-corrected chi connectivity index (χ4v) is 2.63. The van der Waals surface area contributed by atoms with E-state index in [1.165, 1.54) is 5.56 Å². The molecule has 0 N–H and O–H groups in total. The fourth-order valence-electron chi connectivity index (χ4n) is 2.36. The van der Waals surface area contributed by atoms with Crippen LogP contribution in [-0.4, -0.2) is 11.9 Å². The minimum atomic E-state index is -0.423. The Labute approximate surface area is 150 Å². The third-order valence-electron chi connectivity index (χ3n) is 3.79. The first kappa shape index (κ1) is 16.7. The number of carbonyl (C=O) groups excluding carboxylic acids is 1. The van der Waals surface area contributed by atoms with Crippen LogP contribution in [0.15, 0.2) is 63.7 Å². The van der Waals surface area contributed by atoms with Gasteiger partial charge in [-0.3, -0.25) is 0 Å². The van der Waals surface area contributed by atoms with Crippen molar-refractivity contribution in [2.75, 3.05) is 0 Å². The third-order valence-corrected chi connectivity index (χ3v) is 4.32. The number of halogens is 1. The van der Waals surface area contributed by atoms with E-state index in [-0.39, 0.29) is 5.41 Å². The maximum absolute atomic E-state index is 12.0. The zero-order valence-electron chi connectivity index (χ0n) is 13.8. The van der Waals surface area contributed by atoms with Crippen molar-refractivity contribution in [1.29, 1.82) is 0 Å². The number of hydrogen-bond donors (Lipinski definition) is 0. The molecule has 1 aliphatic heterocycles. The van der Waals surface area contributed by atoms with Gasteiger partial charge in [0.25, 0.3) is 0 Å². The van der Waals surface area contributed by atoms with E-state index in [4.69, 9.17) is 4.74 Å². The molecule has 3 rings (SSSR count). The zero-order chi connectivity index (χ0) is 17.3. The maximum Gasteiger partial charge on any atom is 0.363 e. The molecule has 0 spiro atoms.